The van der Waals surface area contributed by atoms with Gasteiger partial charge >= 0.3 is 0 Å². The number of morpholine rings is 2. The maximum Gasteiger partial charge on any atom is 0.246 e. The Hall–Kier alpha value is -1.01. The van der Waals surface area contributed by atoms with E-state index < -0.39 is 0 Å². The van der Waals surface area contributed by atoms with Crippen molar-refractivity contribution in [2.24, 2.45) is 0 Å². The van der Waals surface area contributed by atoms with Crippen LogP contribution in [0.25, 0.3) is 0 Å². The molecule has 0 spiro atoms. The summed E-state index contributed by atoms with van der Waals surface area (Å²) in [6.07, 6.45) is 4.63. The van der Waals surface area contributed by atoms with Crippen LogP contribution in [0.3, 0.4) is 0 Å². The molecule has 3 rings (SSSR count). The number of aromatic nitrogens is 1. The molecule has 2 aliphatic rings. The van der Waals surface area contributed by atoms with E-state index in [1.54, 1.807) is 9.80 Å². The maximum absolute atomic E-state index is 5.51. The highest BCUT2D eigenvalue weighted by Crippen LogP contribution is 2.01. The summed E-state index contributed by atoms with van der Waals surface area (Å²) in [6, 6.07) is 4.34. The predicted octanol–water partition coefficient (Wildman–Crippen LogP) is -2.67. The Labute approximate surface area is 114 Å². The first-order chi connectivity index (χ1) is 9.45. The Morgan fingerprint density at radius 3 is 2.00 bits per heavy atom. The molecular formula is C14H24N3O2+3. The minimum atomic E-state index is 0.505. The summed E-state index contributed by atoms with van der Waals surface area (Å²) in [5, 5.41) is 0. The molecule has 2 saturated heterocycles. The highest BCUT2D eigenvalue weighted by molar-refractivity contribution is 5.05. The van der Waals surface area contributed by atoms with E-state index in [1.807, 2.05) is 6.20 Å². The molecule has 2 fully saturated rings. The summed E-state index contributed by atoms with van der Waals surface area (Å²) >= 11 is 0. The van der Waals surface area contributed by atoms with Gasteiger partial charge in [-0.1, -0.05) is 0 Å². The van der Waals surface area contributed by atoms with Gasteiger partial charge < -0.3 is 9.47 Å². The Kier molecular flexibility index (Phi) is 4.40. The van der Waals surface area contributed by atoms with Gasteiger partial charge in [0.25, 0.3) is 0 Å². The Morgan fingerprint density at radius 1 is 0.947 bits per heavy atom. The normalized spacial score (nSPS) is 22.8. The zero-order chi connectivity index (χ0) is 12.9. The molecule has 1 aromatic heterocycles. The van der Waals surface area contributed by atoms with E-state index in [1.165, 1.54) is 5.56 Å². The second-order valence-corrected chi connectivity index (χ2v) is 5.31. The van der Waals surface area contributed by atoms with Crippen molar-refractivity contribution in [3.05, 3.63) is 30.1 Å². The second-order valence-electron chi connectivity index (χ2n) is 5.31. The van der Waals surface area contributed by atoms with E-state index in [0.29, 0.717) is 6.17 Å². The molecule has 0 atom stereocenters. The van der Waals surface area contributed by atoms with E-state index in [-0.39, 0.29) is 0 Å². The first kappa shape index (κ1) is 13.0. The maximum atomic E-state index is 5.51. The molecule has 2 aliphatic heterocycles. The Morgan fingerprint density at radius 2 is 1.53 bits per heavy atom. The third kappa shape index (κ3) is 3.12. The quantitative estimate of drug-likeness (QED) is 0.627. The van der Waals surface area contributed by atoms with Crippen LogP contribution in [-0.2, 0) is 9.47 Å². The first-order valence-electron chi connectivity index (χ1n) is 7.26. The smallest absolute Gasteiger partial charge is 0.246 e. The lowest BCUT2D eigenvalue weighted by Crippen LogP contribution is -3.32. The molecule has 0 unspecified atom stereocenters. The van der Waals surface area contributed by atoms with Gasteiger partial charge in [0.1, 0.15) is 31.7 Å². The number of pyridine rings is 1. The van der Waals surface area contributed by atoms with Crippen LogP contribution in [0.5, 0.6) is 0 Å². The van der Waals surface area contributed by atoms with E-state index in [4.69, 9.17) is 9.47 Å². The van der Waals surface area contributed by atoms with E-state index in [0.717, 1.165) is 52.6 Å². The highest BCUT2D eigenvalue weighted by atomic mass is 16.5. The lowest BCUT2D eigenvalue weighted by Gasteiger charge is -2.36. The van der Waals surface area contributed by atoms with Crippen molar-refractivity contribution < 1.29 is 24.3 Å². The number of hydrogen-bond donors (Lipinski definition) is 2. The van der Waals surface area contributed by atoms with Crippen LogP contribution >= 0.6 is 0 Å². The van der Waals surface area contributed by atoms with Gasteiger partial charge in [0.15, 0.2) is 12.4 Å². The molecule has 0 saturated carbocycles. The number of rotatable bonds is 3. The van der Waals surface area contributed by atoms with Gasteiger partial charge in [0, 0.05) is 6.07 Å². The zero-order valence-corrected chi connectivity index (χ0v) is 11.4. The van der Waals surface area contributed by atoms with Crippen molar-refractivity contribution in [3.8, 4) is 0 Å². The monoisotopic (exact) mass is 266 g/mol. The summed E-state index contributed by atoms with van der Waals surface area (Å²) in [6.45, 7) is 7.93. The molecule has 5 nitrogen and oxygen atoms in total. The third-order valence-corrected chi connectivity index (χ3v) is 4.15. The van der Waals surface area contributed by atoms with Gasteiger partial charge in [-0.25, -0.2) is 4.98 Å². The fourth-order valence-corrected chi connectivity index (χ4v) is 3.19. The SMILES string of the molecule is c1c[nH+]cc(C([NH+]2CCOCC2)[NH+]2CCOCC2)c1. The fourth-order valence-electron chi connectivity index (χ4n) is 3.19. The van der Waals surface area contributed by atoms with Crippen molar-refractivity contribution in [1.82, 2.24) is 0 Å². The average Bonchev–Trinajstić information content (AvgIpc) is 2.51. The van der Waals surface area contributed by atoms with Gasteiger partial charge in [-0.05, 0) is 6.07 Å². The van der Waals surface area contributed by atoms with E-state index in [2.05, 4.69) is 23.3 Å². The first-order valence-corrected chi connectivity index (χ1v) is 7.26. The lowest BCUT2D eigenvalue weighted by atomic mass is 10.1. The standard InChI is InChI=1S/C14H21N3O2/c1-2-13(12-15-3-1)14(16-4-8-18-9-5-16)17-6-10-19-11-7-17/h1-3,12,14H,4-11H2/p+3. The van der Waals surface area contributed by atoms with Crippen LogP contribution in [0.15, 0.2) is 24.5 Å². The molecule has 5 heteroatoms. The molecule has 1 aromatic rings. The molecule has 0 aliphatic carbocycles. The lowest BCUT2D eigenvalue weighted by molar-refractivity contribution is -1.14. The largest absolute Gasteiger partial charge is 0.370 e. The summed E-state index contributed by atoms with van der Waals surface area (Å²) in [4.78, 5) is 6.51. The average molecular weight is 266 g/mol. The molecule has 104 valence electrons. The second kappa shape index (κ2) is 6.43. The van der Waals surface area contributed by atoms with Crippen molar-refractivity contribution in [2.75, 3.05) is 52.6 Å². The van der Waals surface area contributed by atoms with Crippen molar-refractivity contribution >= 4 is 0 Å². The van der Waals surface area contributed by atoms with Crippen molar-refractivity contribution in [2.45, 2.75) is 6.17 Å². The number of nitrogens with one attached hydrogen (secondary N) is 3. The van der Waals surface area contributed by atoms with Crippen LogP contribution in [0.1, 0.15) is 11.7 Å². The fraction of sp³-hybridized carbons (Fsp3) is 0.643. The Bertz CT molecular complexity index is 358. The summed E-state index contributed by atoms with van der Waals surface area (Å²) < 4.78 is 11.0. The number of aromatic amines is 1. The Balaban J connectivity index is 1.81. The highest BCUT2D eigenvalue weighted by Gasteiger charge is 2.37. The zero-order valence-electron chi connectivity index (χ0n) is 11.4. The molecule has 0 aromatic carbocycles. The van der Waals surface area contributed by atoms with Gasteiger partial charge in [-0.15, -0.1) is 0 Å². The van der Waals surface area contributed by atoms with Crippen LogP contribution in [0.2, 0.25) is 0 Å². The minimum absolute atomic E-state index is 0.505. The summed E-state index contributed by atoms with van der Waals surface area (Å²) in [5.41, 5.74) is 1.40. The van der Waals surface area contributed by atoms with Crippen molar-refractivity contribution in [1.29, 1.82) is 0 Å². The van der Waals surface area contributed by atoms with Gasteiger partial charge in [-0.3, -0.25) is 9.80 Å². The van der Waals surface area contributed by atoms with Gasteiger partial charge in [0.05, 0.1) is 26.4 Å². The number of hydrogen-bond acceptors (Lipinski definition) is 2. The van der Waals surface area contributed by atoms with Gasteiger partial charge in [0.2, 0.25) is 6.17 Å². The molecule has 0 amide bonds. The number of ether oxygens (including phenoxy) is 2. The third-order valence-electron chi connectivity index (χ3n) is 4.15. The summed E-state index contributed by atoms with van der Waals surface area (Å²) in [7, 11) is 0. The molecule has 19 heavy (non-hydrogen) atoms. The topological polar surface area (TPSA) is 41.5 Å². The molecule has 3 N–H and O–H groups in total. The van der Waals surface area contributed by atoms with Crippen LogP contribution in [-0.4, -0.2) is 52.6 Å². The number of H-pyrrole nitrogens is 1. The van der Waals surface area contributed by atoms with E-state index in [9.17, 15) is 0 Å². The molecule has 0 bridgehead atoms. The van der Waals surface area contributed by atoms with Crippen molar-refractivity contribution in [3.63, 3.8) is 0 Å². The predicted molar refractivity (Wildman–Crippen MR) is 68.8 cm³/mol. The molecular weight excluding hydrogens is 242 g/mol. The summed E-state index contributed by atoms with van der Waals surface area (Å²) in [5.74, 6) is 0. The van der Waals surface area contributed by atoms with Crippen LogP contribution in [0.4, 0.5) is 0 Å². The van der Waals surface area contributed by atoms with Crippen LogP contribution in [0, 0.1) is 0 Å². The van der Waals surface area contributed by atoms with Crippen LogP contribution < -0.4 is 14.8 Å². The van der Waals surface area contributed by atoms with E-state index >= 15 is 0 Å². The molecule has 3 heterocycles. The number of quaternary nitrogens is 2. The van der Waals surface area contributed by atoms with Gasteiger partial charge in [-0.2, -0.15) is 0 Å². The minimum Gasteiger partial charge on any atom is -0.370 e. The molecule has 0 radical (unpaired) electrons.